The molecule has 2 unspecified atom stereocenters. The smallest absolute Gasteiger partial charge is 0.326 e. The number of amides is 1. The maximum absolute atomic E-state index is 12.1. The lowest BCUT2D eigenvalue weighted by atomic mass is 10.2. The van der Waals surface area contributed by atoms with Crippen LogP contribution in [0.4, 0.5) is 0 Å². The van der Waals surface area contributed by atoms with Crippen molar-refractivity contribution in [2.75, 3.05) is 7.05 Å². The van der Waals surface area contributed by atoms with Gasteiger partial charge in [-0.15, -0.1) is 0 Å². The Morgan fingerprint density at radius 2 is 1.95 bits per heavy atom. The summed E-state index contributed by atoms with van der Waals surface area (Å²) in [6.07, 6.45) is -0.818. The lowest BCUT2D eigenvalue weighted by Crippen LogP contribution is -2.46. The number of rotatable bonds is 5. The molecule has 0 saturated heterocycles. The normalized spacial score (nSPS) is 13.4. The van der Waals surface area contributed by atoms with Gasteiger partial charge in [-0.1, -0.05) is 17.7 Å². The summed E-state index contributed by atoms with van der Waals surface area (Å²) in [6.45, 7) is 4.88. The Balaban J connectivity index is 2.80. The number of ether oxygens (including phenoxy) is 1. The van der Waals surface area contributed by atoms with E-state index < -0.39 is 24.0 Å². The zero-order chi connectivity index (χ0) is 15.4. The molecule has 0 aromatic heterocycles. The van der Waals surface area contributed by atoms with E-state index in [1.807, 2.05) is 13.0 Å². The standard InChI is InChI=1S/C14H18ClNO4/c1-8-5-6-11(15)12(7-8)20-10(3)13(17)16(4)9(2)14(18)19/h5-7,9-10H,1-4H3,(H,18,19). The largest absolute Gasteiger partial charge is 0.480 e. The van der Waals surface area contributed by atoms with Gasteiger partial charge in [-0.05, 0) is 38.5 Å². The van der Waals surface area contributed by atoms with Crippen LogP contribution in [0, 0.1) is 6.92 Å². The van der Waals surface area contributed by atoms with Crippen molar-refractivity contribution in [3.8, 4) is 5.75 Å². The number of nitrogens with zero attached hydrogens (tertiary/aromatic N) is 1. The molecule has 20 heavy (non-hydrogen) atoms. The summed E-state index contributed by atoms with van der Waals surface area (Å²) in [7, 11) is 1.43. The van der Waals surface area contributed by atoms with Crippen molar-refractivity contribution in [2.24, 2.45) is 0 Å². The predicted octanol–water partition coefficient (Wildman–Crippen LogP) is 2.35. The van der Waals surface area contributed by atoms with E-state index in [4.69, 9.17) is 21.4 Å². The van der Waals surface area contributed by atoms with Crippen LogP contribution in [0.5, 0.6) is 5.75 Å². The Morgan fingerprint density at radius 3 is 2.50 bits per heavy atom. The monoisotopic (exact) mass is 299 g/mol. The summed E-state index contributed by atoms with van der Waals surface area (Å²) in [5, 5.41) is 9.30. The van der Waals surface area contributed by atoms with E-state index in [0.717, 1.165) is 10.5 Å². The van der Waals surface area contributed by atoms with Gasteiger partial charge >= 0.3 is 5.97 Å². The maximum Gasteiger partial charge on any atom is 0.326 e. The molecule has 0 aliphatic rings. The summed E-state index contributed by atoms with van der Waals surface area (Å²) in [5.41, 5.74) is 0.955. The van der Waals surface area contributed by atoms with Crippen molar-refractivity contribution in [1.82, 2.24) is 4.90 Å². The molecule has 0 radical (unpaired) electrons. The van der Waals surface area contributed by atoms with Crippen molar-refractivity contribution in [2.45, 2.75) is 32.9 Å². The molecule has 110 valence electrons. The molecule has 1 N–H and O–H groups in total. The molecular formula is C14H18ClNO4. The fraction of sp³-hybridized carbons (Fsp3) is 0.429. The van der Waals surface area contributed by atoms with E-state index in [1.165, 1.54) is 14.0 Å². The first-order valence-corrected chi connectivity index (χ1v) is 6.54. The number of carboxylic acid groups (broad SMARTS) is 1. The SMILES string of the molecule is Cc1ccc(Cl)c(OC(C)C(=O)N(C)C(C)C(=O)O)c1. The second-order valence-corrected chi connectivity index (χ2v) is 5.06. The van der Waals surface area contributed by atoms with E-state index in [1.54, 1.807) is 19.1 Å². The van der Waals surface area contributed by atoms with E-state index in [-0.39, 0.29) is 0 Å². The van der Waals surface area contributed by atoms with Gasteiger partial charge in [-0.3, -0.25) is 4.79 Å². The quantitative estimate of drug-likeness (QED) is 0.906. The molecule has 0 saturated carbocycles. The third kappa shape index (κ3) is 3.87. The number of aryl methyl sites for hydroxylation is 1. The van der Waals surface area contributed by atoms with Crippen molar-refractivity contribution < 1.29 is 19.4 Å². The summed E-state index contributed by atoms with van der Waals surface area (Å²) < 4.78 is 5.52. The van der Waals surface area contributed by atoms with Crippen LogP contribution < -0.4 is 4.74 Å². The number of likely N-dealkylation sites (N-methyl/N-ethyl adjacent to an activating group) is 1. The van der Waals surface area contributed by atoms with Crippen LogP contribution in [0.2, 0.25) is 5.02 Å². The zero-order valence-corrected chi connectivity index (χ0v) is 12.6. The number of carboxylic acids is 1. The Labute approximate surface area is 123 Å². The molecule has 0 bridgehead atoms. The molecular weight excluding hydrogens is 282 g/mol. The van der Waals surface area contributed by atoms with E-state index in [0.29, 0.717) is 10.8 Å². The average molecular weight is 300 g/mol. The maximum atomic E-state index is 12.1. The second kappa shape index (κ2) is 6.61. The molecule has 1 aromatic carbocycles. The molecule has 2 atom stereocenters. The number of hydrogen-bond donors (Lipinski definition) is 1. The Kier molecular flexibility index (Phi) is 5.39. The fourth-order valence-corrected chi connectivity index (χ4v) is 1.75. The second-order valence-electron chi connectivity index (χ2n) is 4.66. The molecule has 0 aliphatic heterocycles. The van der Waals surface area contributed by atoms with E-state index in [2.05, 4.69) is 0 Å². The third-order valence-electron chi connectivity index (χ3n) is 3.02. The van der Waals surface area contributed by atoms with Crippen LogP contribution in [0.15, 0.2) is 18.2 Å². The number of benzene rings is 1. The van der Waals surface area contributed by atoms with Crippen molar-refractivity contribution in [3.63, 3.8) is 0 Å². The Hall–Kier alpha value is -1.75. The fourth-order valence-electron chi connectivity index (χ4n) is 1.59. The topological polar surface area (TPSA) is 66.8 Å². The minimum Gasteiger partial charge on any atom is -0.480 e. The van der Waals surface area contributed by atoms with Gasteiger partial charge in [0.2, 0.25) is 0 Å². The van der Waals surface area contributed by atoms with Gasteiger partial charge < -0.3 is 14.7 Å². The summed E-state index contributed by atoms with van der Waals surface area (Å²) >= 11 is 5.99. The molecule has 6 heteroatoms. The zero-order valence-electron chi connectivity index (χ0n) is 11.9. The molecule has 1 rings (SSSR count). The molecule has 0 aliphatic carbocycles. The van der Waals surface area contributed by atoms with Crippen LogP contribution in [0.3, 0.4) is 0 Å². The van der Waals surface area contributed by atoms with Crippen LogP contribution in [0.25, 0.3) is 0 Å². The molecule has 1 aromatic rings. The first-order valence-electron chi connectivity index (χ1n) is 6.16. The highest BCUT2D eigenvalue weighted by Crippen LogP contribution is 2.26. The Morgan fingerprint density at radius 1 is 1.35 bits per heavy atom. The minimum atomic E-state index is -1.07. The van der Waals surface area contributed by atoms with Crippen molar-refractivity contribution in [1.29, 1.82) is 0 Å². The molecule has 0 spiro atoms. The van der Waals surface area contributed by atoms with Crippen LogP contribution in [0.1, 0.15) is 19.4 Å². The lowest BCUT2D eigenvalue weighted by Gasteiger charge is -2.25. The summed E-state index contributed by atoms with van der Waals surface area (Å²) in [6, 6.07) is 4.33. The Bertz CT molecular complexity index is 518. The van der Waals surface area contributed by atoms with Crippen LogP contribution in [-0.2, 0) is 9.59 Å². The average Bonchev–Trinajstić information content (AvgIpc) is 2.40. The number of carbonyl (C=O) groups is 2. The summed E-state index contributed by atoms with van der Waals surface area (Å²) in [4.78, 5) is 24.1. The molecule has 1 amide bonds. The third-order valence-corrected chi connectivity index (χ3v) is 3.34. The highest BCUT2D eigenvalue weighted by Gasteiger charge is 2.27. The van der Waals surface area contributed by atoms with Gasteiger partial charge in [0.05, 0.1) is 5.02 Å². The van der Waals surface area contributed by atoms with E-state index in [9.17, 15) is 9.59 Å². The number of hydrogen-bond acceptors (Lipinski definition) is 3. The number of aliphatic carboxylic acids is 1. The number of halogens is 1. The van der Waals surface area contributed by atoms with Gasteiger partial charge in [-0.25, -0.2) is 4.79 Å². The van der Waals surface area contributed by atoms with Gasteiger partial charge in [-0.2, -0.15) is 0 Å². The first-order chi connectivity index (χ1) is 9.23. The van der Waals surface area contributed by atoms with E-state index >= 15 is 0 Å². The predicted molar refractivity (Wildman–Crippen MR) is 76.1 cm³/mol. The van der Waals surface area contributed by atoms with Crippen molar-refractivity contribution in [3.05, 3.63) is 28.8 Å². The van der Waals surface area contributed by atoms with Crippen LogP contribution >= 0.6 is 11.6 Å². The molecule has 0 heterocycles. The van der Waals surface area contributed by atoms with Gasteiger partial charge in [0.1, 0.15) is 11.8 Å². The molecule has 0 fully saturated rings. The highest BCUT2D eigenvalue weighted by molar-refractivity contribution is 6.32. The highest BCUT2D eigenvalue weighted by atomic mass is 35.5. The number of carbonyl (C=O) groups excluding carboxylic acids is 1. The molecule has 5 nitrogen and oxygen atoms in total. The van der Waals surface area contributed by atoms with Gasteiger partial charge in [0.25, 0.3) is 5.91 Å². The minimum absolute atomic E-state index is 0.406. The van der Waals surface area contributed by atoms with Gasteiger partial charge in [0, 0.05) is 7.05 Å². The summed E-state index contributed by atoms with van der Waals surface area (Å²) in [5.74, 6) is -1.08. The van der Waals surface area contributed by atoms with Crippen molar-refractivity contribution >= 4 is 23.5 Å². The first kappa shape index (κ1) is 16.3. The lowest BCUT2D eigenvalue weighted by molar-refractivity contribution is -0.150. The van der Waals surface area contributed by atoms with Gasteiger partial charge in [0.15, 0.2) is 6.10 Å². The van der Waals surface area contributed by atoms with Crippen LogP contribution in [-0.4, -0.2) is 41.1 Å².